The number of fused-ring (bicyclic) bond motifs is 1. The van der Waals surface area contributed by atoms with Crippen molar-refractivity contribution in [2.24, 2.45) is 5.92 Å². The fourth-order valence-corrected chi connectivity index (χ4v) is 3.16. The number of carbonyl (C=O) groups is 1. The molecular weight excluding hydrogens is 248 g/mol. The van der Waals surface area contributed by atoms with E-state index in [2.05, 4.69) is 30.3 Å². The molecule has 0 radical (unpaired) electrons. The zero-order valence-electron chi connectivity index (χ0n) is 11.6. The molecule has 0 bridgehead atoms. The van der Waals surface area contributed by atoms with Crippen molar-refractivity contribution >= 4 is 5.97 Å². The monoisotopic (exact) mass is 266 g/mol. The maximum absolute atomic E-state index is 12.1. The molecule has 0 fully saturated rings. The van der Waals surface area contributed by atoms with Crippen LogP contribution in [0.4, 0.5) is 0 Å². The third-order valence-electron chi connectivity index (χ3n) is 4.22. The molecule has 0 saturated carbocycles. The molecule has 0 saturated heterocycles. The smallest absolute Gasteiger partial charge is 0.309 e. The second kappa shape index (κ2) is 5.49. The topological polar surface area (TPSA) is 26.3 Å². The Kier molecular flexibility index (Phi) is 3.55. The van der Waals surface area contributed by atoms with Crippen LogP contribution in [-0.4, -0.2) is 13.1 Å². The lowest BCUT2D eigenvalue weighted by molar-refractivity contribution is -0.146. The highest BCUT2D eigenvalue weighted by atomic mass is 16.5. The van der Waals surface area contributed by atoms with Crippen LogP contribution in [0.15, 0.2) is 54.6 Å². The number of hydrogen-bond donors (Lipinski definition) is 0. The number of carbonyl (C=O) groups excluding carboxylic acids is 1. The van der Waals surface area contributed by atoms with Gasteiger partial charge in [-0.05, 0) is 29.5 Å². The first-order valence-electron chi connectivity index (χ1n) is 6.99. The van der Waals surface area contributed by atoms with Crippen LogP contribution in [0, 0.1) is 5.92 Å². The maximum Gasteiger partial charge on any atom is 0.309 e. The van der Waals surface area contributed by atoms with Crippen LogP contribution in [0.2, 0.25) is 0 Å². The standard InChI is InChI=1S/C18H18O2/c1-20-18(19)17-12-15-10-6-5-9-14(15)11-16(17)13-7-3-2-4-8-13/h2-10,16-17H,11-12H2,1H3/t16-,17+/m0/s1. The van der Waals surface area contributed by atoms with Gasteiger partial charge in [0.15, 0.2) is 0 Å². The van der Waals surface area contributed by atoms with E-state index in [0.717, 1.165) is 12.8 Å². The summed E-state index contributed by atoms with van der Waals surface area (Å²) < 4.78 is 5.02. The molecule has 1 aliphatic rings. The average Bonchev–Trinajstić information content (AvgIpc) is 2.53. The zero-order chi connectivity index (χ0) is 13.9. The molecule has 0 aliphatic heterocycles. The molecule has 0 aromatic heterocycles. The fourth-order valence-electron chi connectivity index (χ4n) is 3.16. The van der Waals surface area contributed by atoms with Gasteiger partial charge in [0, 0.05) is 5.92 Å². The van der Waals surface area contributed by atoms with Gasteiger partial charge >= 0.3 is 5.97 Å². The van der Waals surface area contributed by atoms with E-state index in [1.54, 1.807) is 0 Å². The Morgan fingerprint density at radius 2 is 1.55 bits per heavy atom. The van der Waals surface area contributed by atoms with Crippen LogP contribution in [-0.2, 0) is 22.4 Å². The van der Waals surface area contributed by atoms with E-state index in [0.29, 0.717) is 0 Å². The number of methoxy groups -OCH3 is 1. The van der Waals surface area contributed by atoms with E-state index in [1.165, 1.54) is 23.8 Å². The molecule has 0 amide bonds. The van der Waals surface area contributed by atoms with E-state index in [9.17, 15) is 4.79 Å². The molecule has 0 spiro atoms. The van der Waals surface area contributed by atoms with E-state index >= 15 is 0 Å². The van der Waals surface area contributed by atoms with E-state index in [-0.39, 0.29) is 17.8 Å². The van der Waals surface area contributed by atoms with E-state index < -0.39 is 0 Å². The molecule has 2 aromatic rings. The normalized spacial score (nSPS) is 21.1. The first-order chi connectivity index (χ1) is 9.79. The first kappa shape index (κ1) is 12.9. The third kappa shape index (κ3) is 2.34. The molecule has 2 aromatic carbocycles. The highest BCUT2D eigenvalue weighted by Crippen LogP contribution is 2.37. The van der Waals surface area contributed by atoms with Crippen molar-refractivity contribution in [1.82, 2.24) is 0 Å². The first-order valence-corrected chi connectivity index (χ1v) is 6.99. The van der Waals surface area contributed by atoms with Crippen molar-refractivity contribution < 1.29 is 9.53 Å². The highest BCUT2D eigenvalue weighted by Gasteiger charge is 2.34. The van der Waals surface area contributed by atoms with Crippen LogP contribution in [0.25, 0.3) is 0 Å². The highest BCUT2D eigenvalue weighted by molar-refractivity contribution is 5.74. The molecule has 0 N–H and O–H groups in total. The maximum atomic E-state index is 12.1. The van der Waals surface area contributed by atoms with Crippen molar-refractivity contribution in [2.75, 3.05) is 7.11 Å². The second-order valence-electron chi connectivity index (χ2n) is 5.32. The predicted molar refractivity (Wildman–Crippen MR) is 78.5 cm³/mol. The van der Waals surface area contributed by atoms with E-state index in [4.69, 9.17) is 4.74 Å². The minimum Gasteiger partial charge on any atom is -0.469 e. The predicted octanol–water partition coefficient (Wildman–Crippen LogP) is 3.36. The van der Waals surface area contributed by atoms with Gasteiger partial charge in [0.05, 0.1) is 13.0 Å². The summed E-state index contributed by atoms with van der Waals surface area (Å²) in [6.45, 7) is 0. The Bertz CT molecular complexity index is 604. The summed E-state index contributed by atoms with van der Waals surface area (Å²) in [5, 5.41) is 0. The SMILES string of the molecule is COC(=O)[C@@H]1Cc2ccccc2C[C@H]1c1ccccc1. The van der Waals surface area contributed by atoms with Gasteiger partial charge in [-0.15, -0.1) is 0 Å². The van der Waals surface area contributed by atoms with Crippen LogP contribution in [0.3, 0.4) is 0 Å². The third-order valence-corrected chi connectivity index (χ3v) is 4.22. The van der Waals surface area contributed by atoms with Gasteiger partial charge in [-0.2, -0.15) is 0 Å². The van der Waals surface area contributed by atoms with Gasteiger partial charge in [-0.1, -0.05) is 54.6 Å². The number of benzene rings is 2. The molecule has 20 heavy (non-hydrogen) atoms. The van der Waals surface area contributed by atoms with Crippen molar-refractivity contribution in [2.45, 2.75) is 18.8 Å². The molecule has 1 aliphatic carbocycles. The fraction of sp³-hybridized carbons (Fsp3) is 0.278. The summed E-state index contributed by atoms with van der Waals surface area (Å²) in [5.74, 6) is 0.0178. The summed E-state index contributed by atoms with van der Waals surface area (Å²) >= 11 is 0. The van der Waals surface area contributed by atoms with Crippen LogP contribution < -0.4 is 0 Å². The summed E-state index contributed by atoms with van der Waals surface area (Å²) in [4.78, 5) is 12.1. The van der Waals surface area contributed by atoms with E-state index in [1.807, 2.05) is 24.3 Å². The number of esters is 1. The summed E-state index contributed by atoms with van der Waals surface area (Å²) in [6, 6.07) is 18.7. The van der Waals surface area contributed by atoms with Gasteiger partial charge < -0.3 is 4.74 Å². The minimum absolute atomic E-state index is 0.0858. The van der Waals surface area contributed by atoms with Crippen LogP contribution >= 0.6 is 0 Å². The van der Waals surface area contributed by atoms with Gasteiger partial charge in [0.1, 0.15) is 0 Å². The van der Waals surface area contributed by atoms with Crippen molar-refractivity contribution in [3.8, 4) is 0 Å². The van der Waals surface area contributed by atoms with Gasteiger partial charge in [-0.3, -0.25) is 4.79 Å². The summed E-state index contributed by atoms with van der Waals surface area (Å²) in [6.07, 6.45) is 1.67. The van der Waals surface area contributed by atoms with Gasteiger partial charge in [0.2, 0.25) is 0 Å². The summed E-state index contributed by atoms with van der Waals surface area (Å²) in [7, 11) is 1.48. The lowest BCUT2D eigenvalue weighted by Crippen LogP contribution is -2.31. The van der Waals surface area contributed by atoms with Gasteiger partial charge in [0.25, 0.3) is 0 Å². The molecule has 2 atom stereocenters. The Morgan fingerprint density at radius 3 is 2.20 bits per heavy atom. The van der Waals surface area contributed by atoms with Crippen molar-refractivity contribution in [3.63, 3.8) is 0 Å². The Balaban J connectivity index is 2.00. The van der Waals surface area contributed by atoms with Crippen molar-refractivity contribution in [1.29, 1.82) is 0 Å². The second-order valence-corrected chi connectivity index (χ2v) is 5.32. The van der Waals surface area contributed by atoms with Gasteiger partial charge in [-0.25, -0.2) is 0 Å². The molecule has 0 unspecified atom stereocenters. The molecule has 0 heterocycles. The van der Waals surface area contributed by atoms with Crippen LogP contribution in [0.5, 0.6) is 0 Å². The molecule has 3 rings (SSSR count). The summed E-state index contributed by atoms with van der Waals surface area (Å²) in [5.41, 5.74) is 3.84. The zero-order valence-corrected chi connectivity index (χ0v) is 11.6. The van der Waals surface area contributed by atoms with Crippen LogP contribution in [0.1, 0.15) is 22.6 Å². The minimum atomic E-state index is -0.103. The average molecular weight is 266 g/mol. The Morgan fingerprint density at radius 1 is 0.950 bits per heavy atom. The molecule has 2 heteroatoms. The van der Waals surface area contributed by atoms with Crippen molar-refractivity contribution in [3.05, 3.63) is 71.3 Å². The number of hydrogen-bond acceptors (Lipinski definition) is 2. The molecule has 102 valence electrons. The number of rotatable bonds is 2. The Labute approximate surface area is 119 Å². The number of ether oxygens (including phenoxy) is 1. The lowest BCUT2D eigenvalue weighted by Gasteiger charge is -2.31. The Hall–Kier alpha value is -2.09. The largest absolute Gasteiger partial charge is 0.469 e. The molecular formula is C18H18O2. The molecule has 2 nitrogen and oxygen atoms in total. The quantitative estimate of drug-likeness (QED) is 0.779. The lowest BCUT2D eigenvalue weighted by atomic mass is 9.73.